The summed E-state index contributed by atoms with van der Waals surface area (Å²) in [7, 11) is 0. The summed E-state index contributed by atoms with van der Waals surface area (Å²) < 4.78 is 36.9. The van der Waals surface area contributed by atoms with Crippen molar-refractivity contribution in [3.05, 3.63) is 0 Å². The normalized spacial score (nSPS) is 28.0. The SMILES string of the molecule is O=C(NCCC1CCN(CC(F)(F)F)CC1)C1CC(O)CN1. The average Bonchev–Trinajstić information content (AvgIpc) is 2.86. The van der Waals surface area contributed by atoms with E-state index in [1.165, 1.54) is 4.90 Å². The minimum Gasteiger partial charge on any atom is -0.392 e. The van der Waals surface area contributed by atoms with Gasteiger partial charge in [0.15, 0.2) is 0 Å². The van der Waals surface area contributed by atoms with Crippen LogP contribution >= 0.6 is 0 Å². The van der Waals surface area contributed by atoms with E-state index in [0.29, 0.717) is 38.5 Å². The molecular formula is C14H24F3N3O2. The number of hydrogen-bond donors (Lipinski definition) is 3. The van der Waals surface area contributed by atoms with Gasteiger partial charge in [0.05, 0.1) is 18.7 Å². The maximum absolute atomic E-state index is 12.3. The second kappa shape index (κ2) is 7.61. The number of amides is 1. The van der Waals surface area contributed by atoms with Crippen LogP contribution in [0, 0.1) is 5.92 Å². The van der Waals surface area contributed by atoms with Gasteiger partial charge in [0.1, 0.15) is 0 Å². The number of piperidine rings is 1. The van der Waals surface area contributed by atoms with Gasteiger partial charge in [-0.2, -0.15) is 13.2 Å². The van der Waals surface area contributed by atoms with Crippen molar-refractivity contribution in [3.8, 4) is 0 Å². The lowest BCUT2D eigenvalue weighted by molar-refractivity contribution is -0.148. The maximum Gasteiger partial charge on any atom is 0.401 e. The Balaban J connectivity index is 1.58. The first-order valence-corrected chi connectivity index (χ1v) is 7.82. The minimum absolute atomic E-state index is 0.106. The molecule has 0 aliphatic carbocycles. The first kappa shape index (κ1) is 17.5. The van der Waals surface area contributed by atoms with Crippen LogP contribution in [0.2, 0.25) is 0 Å². The predicted octanol–water partition coefficient (Wildman–Crippen LogP) is 0.490. The van der Waals surface area contributed by atoms with Crippen LogP contribution in [0.15, 0.2) is 0 Å². The van der Waals surface area contributed by atoms with E-state index >= 15 is 0 Å². The van der Waals surface area contributed by atoms with E-state index in [-0.39, 0.29) is 11.9 Å². The number of alkyl halides is 3. The zero-order valence-electron chi connectivity index (χ0n) is 12.5. The van der Waals surface area contributed by atoms with E-state index in [0.717, 1.165) is 19.3 Å². The number of β-amino-alcohol motifs (C(OH)–C–C–N with tert-alkyl or cyclic N) is 1. The number of nitrogens with zero attached hydrogens (tertiary/aromatic N) is 1. The summed E-state index contributed by atoms with van der Waals surface area (Å²) in [6.45, 7) is 1.09. The number of carbonyl (C=O) groups excluding carboxylic acids is 1. The fourth-order valence-corrected chi connectivity index (χ4v) is 3.13. The van der Waals surface area contributed by atoms with Crippen LogP contribution in [0.1, 0.15) is 25.7 Å². The second-order valence-corrected chi connectivity index (χ2v) is 6.26. The molecule has 3 N–H and O–H groups in total. The molecule has 0 aromatic heterocycles. The fraction of sp³-hybridized carbons (Fsp3) is 0.929. The number of nitrogens with one attached hydrogen (secondary N) is 2. The van der Waals surface area contributed by atoms with E-state index in [1.807, 2.05) is 0 Å². The molecule has 0 bridgehead atoms. The molecule has 2 aliphatic heterocycles. The topological polar surface area (TPSA) is 64.6 Å². The van der Waals surface area contributed by atoms with Crippen LogP contribution in [-0.2, 0) is 4.79 Å². The van der Waals surface area contributed by atoms with Crippen LogP contribution in [0.25, 0.3) is 0 Å². The van der Waals surface area contributed by atoms with Crippen LogP contribution in [0.5, 0.6) is 0 Å². The molecule has 0 saturated carbocycles. The number of rotatable bonds is 5. The molecule has 2 atom stereocenters. The lowest BCUT2D eigenvalue weighted by Gasteiger charge is -2.32. The Kier molecular flexibility index (Phi) is 6.05. The van der Waals surface area contributed by atoms with Gasteiger partial charge in [-0.25, -0.2) is 0 Å². The molecule has 22 heavy (non-hydrogen) atoms. The number of halogens is 3. The first-order chi connectivity index (χ1) is 10.3. The third kappa shape index (κ3) is 5.73. The van der Waals surface area contributed by atoms with Gasteiger partial charge in [-0.1, -0.05) is 0 Å². The van der Waals surface area contributed by atoms with Gasteiger partial charge in [-0.15, -0.1) is 0 Å². The molecule has 2 rings (SSSR count). The lowest BCUT2D eigenvalue weighted by Crippen LogP contribution is -2.42. The van der Waals surface area contributed by atoms with Crippen molar-refractivity contribution in [3.63, 3.8) is 0 Å². The molecule has 2 heterocycles. The van der Waals surface area contributed by atoms with Crippen LogP contribution in [0.4, 0.5) is 13.2 Å². The van der Waals surface area contributed by atoms with Crippen molar-refractivity contribution in [1.29, 1.82) is 0 Å². The van der Waals surface area contributed by atoms with E-state index in [1.54, 1.807) is 0 Å². The Bertz CT molecular complexity index is 371. The molecule has 2 fully saturated rings. The summed E-state index contributed by atoms with van der Waals surface area (Å²) >= 11 is 0. The van der Waals surface area contributed by atoms with Gasteiger partial charge in [0, 0.05) is 13.1 Å². The predicted molar refractivity (Wildman–Crippen MR) is 75.3 cm³/mol. The number of likely N-dealkylation sites (tertiary alicyclic amines) is 1. The van der Waals surface area contributed by atoms with E-state index in [4.69, 9.17) is 0 Å². The number of aliphatic hydroxyl groups is 1. The Morgan fingerprint density at radius 2 is 2.00 bits per heavy atom. The highest BCUT2D eigenvalue weighted by atomic mass is 19.4. The summed E-state index contributed by atoms with van der Waals surface area (Å²) in [6, 6.07) is -0.330. The molecule has 2 unspecified atom stereocenters. The Labute approximate surface area is 128 Å². The van der Waals surface area contributed by atoms with E-state index in [2.05, 4.69) is 10.6 Å². The van der Waals surface area contributed by atoms with Crippen molar-refractivity contribution in [2.45, 2.75) is 44.0 Å². The third-order valence-electron chi connectivity index (χ3n) is 4.39. The van der Waals surface area contributed by atoms with Gasteiger partial charge in [0.2, 0.25) is 5.91 Å². The smallest absolute Gasteiger partial charge is 0.392 e. The molecule has 8 heteroatoms. The monoisotopic (exact) mass is 323 g/mol. The molecule has 5 nitrogen and oxygen atoms in total. The summed E-state index contributed by atoms with van der Waals surface area (Å²) in [5, 5.41) is 15.1. The van der Waals surface area contributed by atoms with Gasteiger partial charge in [-0.05, 0) is 44.7 Å². The van der Waals surface area contributed by atoms with Crippen molar-refractivity contribution >= 4 is 5.91 Å². The summed E-state index contributed by atoms with van der Waals surface area (Å²) in [5.41, 5.74) is 0. The molecule has 0 spiro atoms. The Morgan fingerprint density at radius 1 is 1.32 bits per heavy atom. The van der Waals surface area contributed by atoms with Gasteiger partial charge < -0.3 is 15.7 Å². The highest BCUT2D eigenvalue weighted by Crippen LogP contribution is 2.24. The number of hydrogen-bond acceptors (Lipinski definition) is 4. The Hall–Kier alpha value is -0.860. The fourth-order valence-electron chi connectivity index (χ4n) is 3.13. The van der Waals surface area contributed by atoms with E-state index in [9.17, 15) is 23.1 Å². The zero-order valence-corrected chi connectivity index (χ0v) is 12.5. The summed E-state index contributed by atoms with van der Waals surface area (Å²) in [4.78, 5) is 13.3. The first-order valence-electron chi connectivity index (χ1n) is 7.82. The van der Waals surface area contributed by atoms with Crippen LogP contribution < -0.4 is 10.6 Å². The number of aliphatic hydroxyl groups excluding tert-OH is 1. The highest BCUT2D eigenvalue weighted by Gasteiger charge is 2.32. The molecule has 0 aromatic carbocycles. The Morgan fingerprint density at radius 3 is 2.55 bits per heavy atom. The van der Waals surface area contributed by atoms with Crippen molar-refractivity contribution in [2.24, 2.45) is 5.92 Å². The molecule has 2 aliphatic rings. The number of carbonyl (C=O) groups is 1. The second-order valence-electron chi connectivity index (χ2n) is 6.26. The molecule has 0 radical (unpaired) electrons. The van der Waals surface area contributed by atoms with Crippen molar-refractivity contribution in [2.75, 3.05) is 32.7 Å². The third-order valence-corrected chi connectivity index (χ3v) is 4.39. The van der Waals surface area contributed by atoms with Crippen LogP contribution in [0.3, 0.4) is 0 Å². The van der Waals surface area contributed by atoms with Gasteiger partial charge in [0.25, 0.3) is 0 Å². The van der Waals surface area contributed by atoms with Gasteiger partial charge in [-0.3, -0.25) is 9.69 Å². The van der Waals surface area contributed by atoms with Crippen molar-refractivity contribution < 1.29 is 23.1 Å². The molecule has 2 saturated heterocycles. The molecular weight excluding hydrogens is 299 g/mol. The largest absolute Gasteiger partial charge is 0.401 e. The zero-order chi connectivity index (χ0) is 16.2. The standard InChI is InChI=1S/C14H24F3N3O2/c15-14(16,17)9-20-5-2-10(3-6-20)1-4-18-13(22)12-7-11(21)8-19-12/h10-12,19,21H,1-9H2,(H,18,22). The molecule has 1 amide bonds. The maximum atomic E-state index is 12.3. The molecule has 128 valence electrons. The average molecular weight is 323 g/mol. The van der Waals surface area contributed by atoms with E-state index < -0.39 is 18.8 Å². The lowest BCUT2D eigenvalue weighted by atomic mass is 9.93. The van der Waals surface area contributed by atoms with Gasteiger partial charge >= 0.3 is 6.18 Å². The van der Waals surface area contributed by atoms with Crippen LogP contribution in [-0.4, -0.2) is 67.0 Å². The quantitative estimate of drug-likeness (QED) is 0.689. The summed E-state index contributed by atoms with van der Waals surface area (Å²) in [5.74, 6) is 0.262. The summed E-state index contributed by atoms with van der Waals surface area (Å²) in [6.07, 6.45) is -1.88. The highest BCUT2D eigenvalue weighted by molar-refractivity contribution is 5.82. The minimum atomic E-state index is -4.13. The van der Waals surface area contributed by atoms with Crippen molar-refractivity contribution in [1.82, 2.24) is 15.5 Å². The molecule has 0 aromatic rings.